The minimum absolute atomic E-state index is 0.167. The highest BCUT2D eigenvalue weighted by molar-refractivity contribution is 5.20. The molecule has 2 nitrogen and oxygen atoms in total. The first kappa shape index (κ1) is 10.6. The van der Waals surface area contributed by atoms with Crippen LogP contribution in [-0.2, 0) is 0 Å². The Bertz CT molecular complexity index is 310. The van der Waals surface area contributed by atoms with Crippen LogP contribution < -0.4 is 10.6 Å². The largest absolute Gasteiger partial charge is 0.317 e. The number of piperidine rings is 1. The Morgan fingerprint density at radius 2 is 2.07 bits per heavy atom. The molecule has 0 radical (unpaired) electrons. The van der Waals surface area contributed by atoms with E-state index in [0.29, 0.717) is 12.1 Å². The summed E-state index contributed by atoms with van der Waals surface area (Å²) < 4.78 is 12.8. The van der Waals surface area contributed by atoms with Gasteiger partial charge in [0.1, 0.15) is 5.82 Å². The fourth-order valence-corrected chi connectivity index (χ4v) is 2.13. The molecule has 2 N–H and O–H groups in total. The molecule has 1 aliphatic rings. The summed E-state index contributed by atoms with van der Waals surface area (Å²) >= 11 is 0. The van der Waals surface area contributed by atoms with E-state index in [1.165, 1.54) is 17.7 Å². The van der Waals surface area contributed by atoms with Gasteiger partial charge in [0.25, 0.3) is 0 Å². The van der Waals surface area contributed by atoms with E-state index in [4.69, 9.17) is 0 Å². The van der Waals surface area contributed by atoms with Crippen LogP contribution in [0.2, 0.25) is 0 Å². The molecule has 0 aliphatic carbocycles. The van der Waals surface area contributed by atoms with Gasteiger partial charge in [0, 0.05) is 12.1 Å². The van der Waals surface area contributed by atoms with Gasteiger partial charge in [0.2, 0.25) is 0 Å². The van der Waals surface area contributed by atoms with Gasteiger partial charge in [-0.2, -0.15) is 0 Å². The normalized spacial score (nSPS) is 26.5. The molecule has 1 aliphatic heterocycles. The van der Waals surface area contributed by atoms with Crippen molar-refractivity contribution in [2.75, 3.05) is 13.6 Å². The molecule has 0 aromatic heterocycles. The van der Waals surface area contributed by atoms with E-state index in [9.17, 15) is 4.39 Å². The standard InChI is InChI=1S/C12H17FN2/c1-14-11-6-7-15-12(8-11)9-2-4-10(13)5-3-9/h2-5,11-12,14-15H,6-8H2,1H3. The number of rotatable bonds is 2. The summed E-state index contributed by atoms with van der Waals surface area (Å²) in [5.74, 6) is -0.167. The lowest BCUT2D eigenvalue weighted by atomic mass is 9.94. The number of hydrogen-bond acceptors (Lipinski definition) is 2. The third kappa shape index (κ3) is 2.55. The molecule has 0 amide bonds. The van der Waals surface area contributed by atoms with Crippen LogP contribution in [-0.4, -0.2) is 19.6 Å². The minimum atomic E-state index is -0.167. The molecule has 1 aromatic rings. The zero-order valence-corrected chi connectivity index (χ0v) is 8.96. The highest BCUT2D eigenvalue weighted by Gasteiger charge is 2.21. The van der Waals surface area contributed by atoms with Crippen LogP contribution in [0.1, 0.15) is 24.4 Å². The summed E-state index contributed by atoms with van der Waals surface area (Å²) in [6, 6.07) is 7.72. The minimum Gasteiger partial charge on any atom is -0.317 e. The zero-order chi connectivity index (χ0) is 10.7. The third-order valence-corrected chi connectivity index (χ3v) is 3.08. The molecule has 2 rings (SSSR count). The van der Waals surface area contributed by atoms with Crippen LogP contribution in [0.4, 0.5) is 4.39 Å². The average Bonchev–Trinajstić information content (AvgIpc) is 2.30. The Morgan fingerprint density at radius 1 is 1.33 bits per heavy atom. The van der Waals surface area contributed by atoms with Crippen molar-refractivity contribution in [1.29, 1.82) is 0 Å². The number of nitrogens with one attached hydrogen (secondary N) is 2. The van der Waals surface area contributed by atoms with Crippen molar-refractivity contribution in [3.05, 3.63) is 35.6 Å². The molecule has 1 saturated heterocycles. The maximum atomic E-state index is 12.8. The Kier molecular flexibility index (Phi) is 3.34. The van der Waals surface area contributed by atoms with E-state index in [0.717, 1.165) is 19.4 Å². The first-order valence-corrected chi connectivity index (χ1v) is 5.45. The fraction of sp³-hybridized carbons (Fsp3) is 0.500. The molecular formula is C12H17FN2. The second kappa shape index (κ2) is 4.73. The first-order valence-electron chi connectivity index (χ1n) is 5.45. The van der Waals surface area contributed by atoms with Crippen LogP contribution in [0.5, 0.6) is 0 Å². The Morgan fingerprint density at radius 3 is 2.73 bits per heavy atom. The van der Waals surface area contributed by atoms with Gasteiger partial charge in [-0.3, -0.25) is 0 Å². The van der Waals surface area contributed by atoms with Gasteiger partial charge in [-0.25, -0.2) is 4.39 Å². The molecule has 1 heterocycles. The van der Waals surface area contributed by atoms with Crippen molar-refractivity contribution in [1.82, 2.24) is 10.6 Å². The molecule has 3 heteroatoms. The van der Waals surface area contributed by atoms with Crippen LogP contribution in [0, 0.1) is 5.82 Å². The summed E-state index contributed by atoms with van der Waals surface area (Å²) in [7, 11) is 2.00. The molecule has 1 aromatic carbocycles. The van der Waals surface area contributed by atoms with Crippen LogP contribution in [0.3, 0.4) is 0 Å². The Labute approximate surface area is 89.9 Å². The van der Waals surface area contributed by atoms with Gasteiger partial charge in [-0.15, -0.1) is 0 Å². The molecule has 1 fully saturated rings. The van der Waals surface area contributed by atoms with E-state index in [-0.39, 0.29) is 5.82 Å². The summed E-state index contributed by atoms with van der Waals surface area (Å²) in [5.41, 5.74) is 1.18. The smallest absolute Gasteiger partial charge is 0.123 e. The Hall–Kier alpha value is -0.930. The average molecular weight is 208 g/mol. The number of hydrogen-bond donors (Lipinski definition) is 2. The molecule has 2 atom stereocenters. The lowest BCUT2D eigenvalue weighted by Crippen LogP contribution is -2.40. The van der Waals surface area contributed by atoms with Gasteiger partial charge < -0.3 is 10.6 Å². The lowest BCUT2D eigenvalue weighted by Gasteiger charge is -2.30. The summed E-state index contributed by atoms with van der Waals surface area (Å²) in [6.45, 7) is 1.02. The SMILES string of the molecule is CNC1CCNC(c2ccc(F)cc2)C1. The molecular weight excluding hydrogens is 191 g/mol. The maximum Gasteiger partial charge on any atom is 0.123 e. The number of halogens is 1. The molecule has 2 unspecified atom stereocenters. The van der Waals surface area contributed by atoms with Crippen molar-refractivity contribution in [3.63, 3.8) is 0 Å². The molecule has 0 spiro atoms. The molecule has 82 valence electrons. The second-order valence-corrected chi connectivity index (χ2v) is 4.07. The predicted octanol–water partition coefficient (Wildman–Crippen LogP) is 1.84. The quantitative estimate of drug-likeness (QED) is 0.775. The van der Waals surface area contributed by atoms with Crippen molar-refractivity contribution < 1.29 is 4.39 Å². The number of benzene rings is 1. The summed E-state index contributed by atoms with van der Waals surface area (Å²) in [4.78, 5) is 0. The highest BCUT2D eigenvalue weighted by atomic mass is 19.1. The first-order chi connectivity index (χ1) is 7.29. The third-order valence-electron chi connectivity index (χ3n) is 3.08. The summed E-state index contributed by atoms with van der Waals surface area (Å²) in [5, 5.41) is 6.76. The second-order valence-electron chi connectivity index (χ2n) is 4.07. The molecule has 15 heavy (non-hydrogen) atoms. The highest BCUT2D eigenvalue weighted by Crippen LogP contribution is 2.23. The lowest BCUT2D eigenvalue weighted by molar-refractivity contribution is 0.337. The van der Waals surface area contributed by atoms with Gasteiger partial charge >= 0.3 is 0 Å². The van der Waals surface area contributed by atoms with Crippen molar-refractivity contribution in [2.24, 2.45) is 0 Å². The fourth-order valence-electron chi connectivity index (χ4n) is 2.13. The van der Waals surface area contributed by atoms with Crippen molar-refractivity contribution >= 4 is 0 Å². The van der Waals surface area contributed by atoms with Crippen LogP contribution >= 0.6 is 0 Å². The Balaban J connectivity index is 2.06. The van der Waals surface area contributed by atoms with E-state index in [1.54, 1.807) is 0 Å². The van der Waals surface area contributed by atoms with Crippen LogP contribution in [0.25, 0.3) is 0 Å². The van der Waals surface area contributed by atoms with Crippen molar-refractivity contribution in [2.45, 2.75) is 24.9 Å². The predicted molar refractivity (Wildman–Crippen MR) is 59.2 cm³/mol. The van der Waals surface area contributed by atoms with Crippen LogP contribution in [0.15, 0.2) is 24.3 Å². The topological polar surface area (TPSA) is 24.1 Å². The van der Waals surface area contributed by atoms with Gasteiger partial charge in [0.05, 0.1) is 0 Å². The molecule has 0 saturated carbocycles. The van der Waals surface area contributed by atoms with E-state index < -0.39 is 0 Å². The van der Waals surface area contributed by atoms with E-state index in [2.05, 4.69) is 10.6 Å². The van der Waals surface area contributed by atoms with E-state index >= 15 is 0 Å². The van der Waals surface area contributed by atoms with Gasteiger partial charge in [0.15, 0.2) is 0 Å². The van der Waals surface area contributed by atoms with Gasteiger partial charge in [-0.1, -0.05) is 12.1 Å². The maximum absolute atomic E-state index is 12.8. The summed E-state index contributed by atoms with van der Waals surface area (Å²) in [6.07, 6.45) is 2.23. The van der Waals surface area contributed by atoms with Crippen molar-refractivity contribution in [3.8, 4) is 0 Å². The van der Waals surface area contributed by atoms with E-state index in [1.807, 2.05) is 19.2 Å². The molecule has 0 bridgehead atoms. The zero-order valence-electron chi connectivity index (χ0n) is 8.96. The van der Waals surface area contributed by atoms with Gasteiger partial charge in [-0.05, 0) is 44.1 Å². The monoisotopic (exact) mass is 208 g/mol.